The maximum atomic E-state index is 5.81. The van der Waals surface area contributed by atoms with Crippen molar-refractivity contribution < 1.29 is 4.74 Å². The fourth-order valence-corrected chi connectivity index (χ4v) is 4.56. The zero-order chi connectivity index (χ0) is 18.6. The van der Waals surface area contributed by atoms with Crippen LogP contribution >= 0.6 is 0 Å². The van der Waals surface area contributed by atoms with E-state index < -0.39 is 0 Å². The van der Waals surface area contributed by atoms with Crippen molar-refractivity contribution in [1.29, 1.82) is 0 Å². The third-order valence-electron chi connectivity index (χ3n) is 6.34. The van der Waals surface area contributed by atoms with Crippen LogP contribution in [0, 0.1) is 0 Å². The van der Waals surface area contributed by atoms with Gasteiger partial charge in [0.2, 0.25) is 5.95 Å². The molecular formula is C21H22N6O. The standard InChI is InChI=1S/C21H22N6O/c1-5-21(7-10-28-21)6-2-15(1)25-20-23-13-18-17(12-22-19(18)26-20)14-4-9-27-16(11-14)3-8-24-27/h3-4,8-9,11-13,15H,1-2,5-7,10H2,(H2,22,23,25,26). The Bertz CT molecular complexity index is 1150. The Hall–Kier alpha value is -2.93. The number of pyridine rings is 1. The molecule has 1 spiro atoms. The number of nitrogens with one attached hydrogen (secondary N) is 2. The smallest absolute Gasteiger partial charge is 0.224 e. The van der Waals surface area contributed by atoms with Crippen LogP contribution < -0.4 is 5.32 Å². The summed E-state index contributed by atoms with van der Waals surface area (Å²) in [6, 6.07) is 6.61. The maximum absolute atomic E-state index is 5.81. The molecule has 1 saturated heterocycles. The number of ether oxygens (including phenoxy) is 1. The molecule has 0 atom stereocenters. The number of fused-ring (bicyclic) bond motifs is 2. The summed E-state index contributed by atoms with van der Waals surface area (Å²) in [6.45, 7) is 0.932. The molecule has 0 radical (unpaired) electrons. The van der Waals surface area contributed by atoms with Gasteiger partial charge >= 0.3 is 0 Å². The number of hydrogen-bond donors (Lipinski definition) is 2. The molecular weight excluding hydrogens is 352 g/mol. The van der Waals surface area contributed by atoms with Crippen molar-refractivity contribution in [3.05, 3.63) is 43.0 Å². The van der Waals surface area contributed by atoms with Gasteiger partial charge in [-0.15, -0.1) is 0 Å². The minimum atomic E-state index is 0.188. The lowest BCUT2D eigenvalue weighted by molar-refractivity contribution is -0.165. The number of hydrogen-bond acceptors (Lipinski definition) is 5. The van der Waals surface area contributed by atoms with Crippen LogP contribution in [0.3, 0.4) is 0 Å². The van der Waals surface area contributed by atoms with Gasteiger partial charge in [-0.05, 0) is 55.9 Å². The van der Waals surface area contributed by atoms with E-state index in [0.717, 1.165) is 60.0 Å². The van der Waals surface area contributed by atoms with Crippen molar-refractivity contribution >= 4 is 22.5 Å². The zero-order valence-corrected chi connectivity index (χ0v) is 15.6. The molecule has 2 fully saturated rings. The predicted octanol–water partition coefficient (Wildman–Crippen LogP) is 3.79. The Morgan fingerprint density at radius 3 is 2.93 bits per heavy atom. The van der Waals surface area contributed by atoms with Crippen molar-refractivity contribution in [2.45, 2.75) is 43.7 Å². The first-order valence-electron chi connectivity index (χ1n) is 9.97. The van der Waals surface area contributed by atoms with E-state index in [1.165, 1.54) is 6.42 Å². The van der Waals surface area contributed by atoms with Crippen LogP contribution in [0.4, 0.5) is 5.95 Å². The largest absolute Gasteiger partial charge is 0.375 e. The van der Waals surface area contributed by atoms with Crippen LogP contribution in [0.15, 0.2) is 43.0 Å². The van der Waals surface area contributed by atoms with Gasteiger partial charge in [0, 0.05) is 41.8 Å². The summed E-state index contributed by atoms with van der Waals surface area (Å²) in [5.41, 5.74) is 4.34. The van der Waals surface area contributed by atoms with Crippen molar-refractivity contribution in [1.82, 2.24) is 24.6 Å². The monoisotopic (exact) mass is 374 g/mol. The molecule has 0 bridgehead atoms. The number of nitrogens with zero attached hydrogens (tertiary/aromatic N) is 4. The molecule has 1 saturated carbocycles. The second kappa shape index (κ2) is 6.04. The molecule has 1 aliphatic carbocycles. The Balaban J connectivity index is 1.24. The molecule has 5 heterocycles. The Morgan fingerprint density at radius 2 is 2.11 bits per heavy atom. The van der Waals surface area contributed by atoms with Gasteiger partial charge in [-0.3, -0.25) is 0 Å². The highest BCUT2D eigenvalue weighted by molar-refractivity contribution is 5.94. The summed E-state index contributed by atoms with van der Waals surface area (Å²) in [4.78, 5) is 12.6. The molecule has 0 aromatic carbocycles. The summed E-state index contributed by atoms with van der Waals surface area (Å²) in [5.74, 6) is 0.697. The van der Waals surface area contributed by atoms with Crippen molar-refractivity contribution in [3.63, 3.8) is 0 Å². The van der Waals surface area contributed by atoms with Crippen LogP contribution in [-0.2, 0) is 4.74 Å². The van der Waals surface area contributed by atoms with E-state index in [1.807, 2.05) is 29.2 Å². The Morgan fingerprint density at radius 1 is 1.21 bits per heavy atom. The topological polar surface area (TPSA) is 80.1 Å². The predicted molar refractivity (Wildman–Crippen MR) is 107 cm³/mol. The van der Waals surface area contributed by atoms with E-state index in [0.29, 0.717) is 12.0 Å². The van der Waals surface area contributed by atoms with Gasteiger partial charge in [0.05, 0.1) is 17.7 Å². The van der Waals surface area contributed by atoms with E-state index in [2.05, 4.69) is 32.5 Å². The second-order valence-electron chi connectivity index (χ2n) is 7.97. The first-order valence-corrected chi connectivity index (χ1v) is 9.97. The molecule has 6 rings (SSSR count). The normalized spacial score (nSPS) is 24.6. The average molecular weight is 374 g/mol. The lowest BCUT2D eigenvalue weighted by atomic mass is 9.77. The van der Waals surface area contributed by atoms with Gasteiger partial charge in [-0.1, -0.05) is 0 Å². The van der Waals surface area contributed by atoms with Gasteiger partial charge in [0.15, 0.2) is 0 Å². The summed E-state index contributed by atoms with van der Waals surface area (Å²) in [5, 5.41) is 8.80. The first kappa shape index (κ1) is 16.1. The van der Waals surface area contributed by atoms with E-state index in [9.17, 15) is 0 Å². The molecule has 28 heavy (non-hydrogen) atoms. The minimum Gasteiger partial charge on any atom is -0.375 e. The zero-order valence-electron chi connectivity index (χ0n) is 15.6. The van der Waals surface area contributed by atoms with Crippen molar-refractivity contribution in [3.8, 4) is 11.1 Å². The number of H-pyrrole nitrogens is 1. The van der Waals surface area contributed by atoms with Gasteiger partial charge in [0.1, 0.15) is 5.65 Å². The maximum Gasteiger partial charge on any atom is 0.224 e. The lowest BCUT2D eigenvalue weighted by Crippen LogP contribution is -2.48. The van der Waals surface area contributed by atoms with Crippen molar-refractivity contribution in [2.75, 3.05) is 11.9 Å². The summed E-state index contributed by atoms with van der Waals surface area (Å²) < 4.78 is 7.67. The highest BCUT2D eigenvalue weighted by atomic mass is 16.5. The molecule has 1 aliphatic heterocycles. The van der Waals surface area contributed by atoms with E-state index in [-0.39, 0.29) is 5.60 Å². The Labute approximate surface area is 162 Å². The lowest BCUT2D eigenvalue weighted by Gasteiger charge is -2.46. The molecule has 7 heteroatoms. The van der Waals surface area contributed by atoms with Crippen LogP contribution in [0.5, 0.6) is 0 Å². The molecule has 4 aromatic rings. The summed E-state index contributed by atoms with van der Waals surface area (Å²) in [7, 11) is 0. The third-order valence-corrected chi connectivity index (χ3v) is 6.34. The minimum absolute atomic E-state index is 0.188. The fourth-order valence-electron chi connectivity index (χ4n) is 4.56. The molecule has 142 valence electrons. The highest BCUT2D eigenvalue weighted by Gasteiger charge is 2.41. The fraction of sp³-hybridized carbons (Fsp3) is 0.381. The number of aromatic amines is 1. The molecule has 4 aromatic heterocycles. The van der Waals surface area contributed by atoms with Crippen LogP contribution in [-0.4, -0.2) is 42.8 Å². The van der Waals surface area contributed by atoms with Gasteiger partial charge in [-0.2, -0.15) is 10.1 Å². The van der Waals surface area contributed by atoms with Crippen LogP contribution in [0.2, 0.25) is 0 Å². The average Bonchev–Trinajstić information content (AvgIpc) is 3.33. The molecule has 0 unspecified atom stereocenters. The van der Waals surface area contributed by atoms with Gasteiger partial charge in [-0.25, -0.2) is 9.50 Å². The number of aromatic nitrogens is 5. The van der Waals surface area contributed by atoms with E-state index in [1.54, 1.807) is 6.20 Å². The van der Waals surface area contributed by atoms with Crippen LogP contribution in [0.25, 0.3) is 27.7 Å². The quantitative estimate of drug-likeness (QED) is 0.570. The second-order valence-corrected chi connectivity index (χ2v) is 7.97. The first-order chi connectivity index (χ1) is 13.8. The molecule has 0 amide bonds. The molecule has 2 aliphatic rings. The van der Waals surface area contributed by atoms with Crippen LogP contribution in [0.1, 0.15) is 32.1 Å². The number of anilines is 1. The highest BCUT2D eigenvalue weighted by Crippen LogP contribution is 2.41. The van der Waals surface area contributed by atoms with Crippen molar-refractivity contribution in [2.24, 2.45) is 0 Å². The molecule has 2 N–H and O–H groups in total. The summed E-state index contributed by atoms with van der Waals surface area (Å²) in [6.07, 6.45) is 13.4. The van der Waals surface area contributed by atoms with E-state index >= 15 is 0 Å². The molecule has 7 nitrogen and oxygen atoms in total. The summed E-state index contributed by atoms with van der Waals surface area (Å²) >= 11 is 0. The number of rotatable bonds is 3. The Kier molecular flexibility index (Phi) is 3.46. The van der Waals surface area contributed by atoms with Gasteiger partial charge in [0.25, 0.3) is 0 Å². The van der Waals surface area contributed by atoms with E-state index in [4.69, 9.17) is 9.72 Å². The van der Waals surface area contributed by atoms with Gasteiger partial charge < -0.3 is 15.0 Å². The third kappa shape index (κ3) is 2.57. The SMILES string of the molecule is c1cc2cc(-c3c[nH]c4nc(NC5CCC6(CCO6)CC5)ncc34)ccn2n1.